The van der Waals surface area contributed by atoms with Crippen LogP contribution in [0.1, 0.15) is 27.2 Å². The summed E-state index contributed by atoms with van der Waals surface area (Å²) in [5.74, 6) is 0. The maximum absolute atomic E-state index is 5.42. The van der Waals surface area contributed by atoms with Gasteiger partial charge in [0.2, 0.25) is 0 Å². The first kappa shape index (κ1) is 9.50. The number of hydrogen-bond acceptors (Lipinski definition) is 2. The van der Waals surface area contributed by atoms with Crippen molar-refractivity contribution in [2.45, 2.75) is 32.8 Å². The molecule has 2 heteroatoms. The molecule has 0 fully saturated rings. The van der Waals surface area contributed by atoms with Gasteiger partial charge in [0.05, 0.1) is 12.2 Å². The molecular formula is C8H17NO. The highest BCUT2D eigenvalue weighted by Gasteiger charge is 2.14. The molecule has 0 unspecified atom stereocenters. The quantitative estimate of drug-likeness (QED) is 0.649. The van der Waals surface area contributed by atoms with Crippen LogP contribution in [0.4, 0.5) is 0 Å². The van der Waals surface area contributed by atoms with E-state index in [-0.39, 0.29) is 5.60 Å². The number of rotatable bonds is 4. The van der Waals surface area contributed by atoms with Gasteiger partial charge >= 0.3 is 0 Å². The van der Waals surface area contributed by atoms with Crippen LogP contribution in [0, 0.1) is 0 Å². The molecule has 10 heavy (non-hydrogen) atoms. The van der Waals surface area contributed by atoms with Gasteiger partial charge in [-0.05, 0) is 20.3 Å². The highest BCUT2D eigenvalue weighted by Crippen LogP contribution is 2.13. The van der Waals surface area contributed by atoms with E-state index in [1.165, 1.54) is 0 Å². The van der Waals surface area contributed by atoms with Crippen LogP contribution in [0.3, 0.4) is 0 Å². The van der Waals surface area contributed by atoms with Crippen molar-refractivity contribution in [3.05, 3.63) is 12.3 Å². The van der Waals surface area contributed by atoms with Crippen LogP contribution in [0.15, 0.2) is 12.3 Å². The largest absolute Gasteiger partial charge is 0.401 e. The Morgan fingerprint density at radius 3 is 2.40 bits per heavy atom. The van der Waals surface area contributed by atoms with Crippen LogP contribution < -0.4 is 5.73 Å². The van der Waals surface area contributed by atoms with Gasteiger partial charge in [-0.15, -0.1) is 0 Å². The molecule has 0 aromatic rings. The molecule has 0 saturated heterocycles. The van der Waals surface area contributed by atoms with Gasteiger partial charge in [0.1, 0.15) is 0 Å². The van der Waals surface area contributed by atoms with E-state index in [2.05, 4.69) is 13.5 Å². The van der Waals surface area contributed by atoms with Crippen LogP contribution in [-0.2, 0) is 4.74 Å². The number of ether oxygens (including phenoxy) is 1. The van der Waals surface area contributed by atoms with E-state index in [0.29, 0.717) is 12.3 Å². The molecule has 2 nitrogen and oxygen atoms in total. The van der Waals surface area contributed by atoms with E-state index in [9.17, 15) is 0 Å². The molecule has 0 aliphatic carbocycles. The molecule has 0 heterocycles. The first-order chi connectivity index (χ1) is 4.48. The van der Waals surface area contributed by atoms with E-state index in [1.807, 2.05) is 13.8 Å². The molecule has 0 aliphatic rings. The Morgan fingerprint density at radius 1 is 1.60 bits per heavy atom. The summed E-state index contributed by atoms with van der Waals surface area (Å²) in [4.78, 5) is 0. The smallest absolute Gasteiger partial charge is 0.0861 e. The van der Waals surface area contributed by atoms with E-state index in [4.69, 9.17) is 10.5 Å². The molecule has 2 N–H and O–H groups in total. The summed E-state index contributed by atoms with van der Waals surface area (Å²) >= 11 is 0. The zero-order valence-corrected chi connectivity index (χ0v) is 7.11. The summed E-state index contributed by atoms with van der Waals surface area (Å²) in [6, 6.07) is 0. The van der Waals surface area contributed by atoms with E-state index < -0.39 is 0 Å². The number of hydrogen-bond donors (Lipinski definition) is 1. The summed E-state index contributed by atoms with van der Waals surface area (Å²) in [6.45, 7) is 10.2. The highest BCUT2D eigenvalue weighted by atomic mass is 16.5. The molecule has 0 amide bonds. The third kappa shape index (κ3) is 4.39. The zero-order chi connectivity index (χ0) is 8.20. The first-order valence-electron chi connectivity index (χ1n) is 3.55. The van der Waals surface area contributed by atoms with Crippen molar-refractivity contribution in [2.24, 2.45) is 5.73 Å². The zero-order valence-electron chi connectivity index (χ0n) is 7.11. The minimum absolute atomic E-state index is 0.0672. The second-order valence-corrected chi connectivity index (χ2v) is 3.06. The molecule has 0 atom stereocenters. The van der Waals surface area contributed by atoms with Gasteiger partial charge < -0.3 is 10.5 Å². The maximum Gasteiger partial charge on any atom is 0.0861 e. The maximum atomic E-state index is 5.42. The van der Waals surface area contributed by atoms with E-state index in [0.717, 1.165) is 6.42 Å². The third-order valence-electron chi connectivity index (χ3n) is 1.50. The Bertz CT molecular complexity index is 118. The fourth-order valence-electron chi connectivity index (χ4n) is 0.390. The topological polar surface area (TPSA) is 35.2 Å². The Hall–Kier alpha value is -0.500. The minimum Gasteiger partial charge on any atom is -0.401 e. The molecule has 0 aromatic carbocycles. The van der Waals surface area contributed by atoms with Gasteiger partial charge in [0.15, 0.2) is 0 Å². The molecule has 0 rings (SSSR count). The lowest BCUT2D eigenvalue weighted by atomic mass is 10.1. The van der Waals surface area contributed by atoms with Crippen molar-refractivity contribution in [3.8, 4) is 0 Å². The molecule has 0 spiro atoms. The summed E-state index contributed by atoms with van der Waals surface area (Å²) < 4.78 is 5.42. The predicted molar refractivity (Wildman–Crippen MR) is 43.6 cm³/mol. The molecule has 0 aromatic heterocycles. The van der Waals surface area contributed by atoms with E-state index in [1.54, 1.807) is 0 Å². The van der Waals surface area contributed by atoms with Crippen molar-refractivity contribution in [1.82, 2.24) is 0 Å². The molecule has 0 bridgehead atoms. The molecule has 60 valence electrons. The predicted octanol–water partition coefficient (Wildman–Crippen LogP) is 1.66. The third-order valence-corrected chi connectivity index (χ3v) is 1.50. The second kappa shape index (κ2) is 3.62. The van der Waals surface area contributed by atoms with Gasteiger partial charge in [-0.1, -0.05) is 13.5 Å². The van der Waals surface area contributed by atoms with Crippen LogP contribution in [-0.4, -0.2) is 12.2 Å². The van der Waals surface area contributed by atoms with E-state index >= 15 is 0 Å². The Balaban J connectivity index is 3.56. The SMILES string of the molecule is C=C(N)COC(C)(C)CC. The van der Waals surface area contributed by atoms with Crippen LogP contribution >= 0.6 is 0 Å². The first-order valence-corrected chi connectivity index (χ1v) is 3.55. The van der Waals surface area contributed by atoms with Crippen LogP contribution in [0.2, 0.25) is 0 Å². The summed E-state index contributed by atoms with van der Waals surface area (Å²) in [5.41, 5.74) is 5.85. The van der Waals surface area contributed by atoms with Crippen LogP contribution in [0.25, 0.3) is 0 Å². The molecule has 0 radical (unpaired) electrons. The average Bonchev–Trinajstić information content (AvgIpc) is 1.85. The monoisotopic (exact) mass is 143 g/mol. The number of nitrogens with two attached hydrogens (primary N) is 1. The Labute approximate surface area is 63.1 Å². The lowest BCUT2D eigenvalue weighted by molar-refractivity contribution is -0.00728. The fraction of sp³-hybridized carbons (Fsp3) is 0.750. The van der Waals surface area contributed by atoms with Crippen molar-refractivity contribution in [1.29, 1.82) is 0 Å². The van der Waals surface area contributed by atoms with Crippen molar-refractivity contribution >= 4 is 0 Å². The average molecular weight is 143 g/mol. The summed E-state index contributed by atoms with van der Waals surface area (Å²) in [7, 11) is 0. The van der Waals surface area contributed by atoms with Crippen molar-refractivity contribution < 1.29 is 4.74 Å². The van der Waals surface area contributed by atoms with Gasteiger partial charge in [-0.3, -0.25) is 0 Å². The van der Waals surface area contributed by atoms with Gasteiger partial charge in [-0.25, -0.2) is 0 Å². The fourth-order valence-corrected chi connectivity index (χ4v) is 0.390. The lowest BCUT2D eigenvalue weighted by Crippen LogP contribution is -2.25. The molecule has 0 saturated carbocycles. The minimum atomic E-state index is -0.0672. The van der Waals surface area contributed by atoms with Crippen LogP contribution in [0.5, 0.6) is 0 Å². The Morgan fingerprint density at radius 2 is 2.10 bits per heavy atom. The highest BCUT2D eigenvalue weighted by molar-refractivity contribution is 4.86. The van der Waals surface area contributed by atoms with Gasteiger partial charge in [0.25, 0.3) is 0 Å². The van der Waals surface area contributed by atoms with Crippen molar-refractivity contribution in [2.75, 3.05) is 6.61 Å². The lowest BCUT2D eigenvalue weighted by Gasteiger charge is -2.23. The standard InChI is InChI=1S/C8H17NO/c1-5-8(3,4)10-6-7(2)9/h2,5-6,9H2,1,3-4H3. The normalized spacial score (nSPS) is 11.5. The second-order valence-electron chi connectivity index (χ2n) is 3.06. The van der Waals surface area contributed by atoms with Gasteiger partial charge in [-0.2, -0.15) is 0 Å². The summed E-state index contributed by atoms with van der Waals surface area (Å²) in [5, 5.41) is 0. The Kier molecular flexibility index (Phi) is 3.43. The molecular weight excluding hydrogens is 126 g/mol. The van der Waals surface area contributed by atoms with Gasteiger partial charge in [0, 0.05) is 5.70 Å². The van der Waals surface area contributed by atoms with Crippen molar-refractivity contribution in [3.63, 3.8) is 0 Å². The molecule has 0 aliphatic heterocycles. The summed E-state index contributed by atoms with van der Waals surface area (Å²) in [6.07, 6.45) is 0.986.